The van der Waals surface area contributed by atoms with Crippen molar-refractivity contribution >= 4 is 11.7 Å². The van der Waals surface area contributed by atoms with Crippen molar-refractivity contribution in [1.29, 1.82) is 0 Å². The second-order valence-corrected chi connectivity index (χ2v) is 4.69. The maximum absolute atomic E-state index is 12.9. The lowest BCUT2D eigenvalue weighted by molar-refractivity contribution is -0.152. The van der Waals surface area contributed by atoms with E-state index >= 15 is 0 Å². The summed E-state index contributed by atoms with van der Waals surface area (Å²) in [7, 11) is 0. The second kappa shape index (κ2) is 5.29. The van der Waals surface area contributed by atoms with Crippen molar-refractivity contribution in [3.05, 3.63) is 29.6 Å². The minimum Gasteiger partial charge on any atom is -0.459 e. The van der Waals surface area contributed by atoms with Gasteiger partial charge in [-0.2, -0.15) is 0 Å². The molecule has 0 unspecified atom stereocenters. The molecule has 1 aromatic rings. The van der Waals surface area contributed by atoms with Crippen LogP contribution in [0.5, 0.6) is 0 Å². The first kappa shape index (κ1) is 14.3. The Kier molecular flexibility index (Phi) is 4.21. The Bertz CT molecular complexity index is 432. The molecule has 1 aromatic carbocycles. The number of anilines is 1. The van der Waals surface area contributed by atoms with Crippen LogP contribution in [0.3, 0.4) is 0 Å². The van der Waals surface area contributed by atoms with Crippen molar-refractivity contribution in [2.45, 2.75) is 26.4 Å². The standard InChI is InChI=1S/C12H14F3NO2/c1-12(2,3)18-10(17)6-16-7-4-8(13)11(15)9(14)5-7/h4-5,16H,6H2,1-3H3. The molecule has 0 amide bonds. The smallest absolute Gasteiger partial charge is 0.325 e. The average molecular weight is 261 g/mol. The highest BCUT2D eigenvalue weighted by Gasteiger charge is 2.16. The van der Waals surface area contributed by atoms with Gasteiger partial charge < -0.3 is 10.1 Å². The fraction of sp³-hybridized carbons (Fsp3) is 0.417. The summed E-state index contributed by atoms with van der Waals surface area (Å²) in [5.41, 5.74) is -0.671. The molecule has 0 fully saturated rings. The first-order valence-electron chi connectivity index (χ1n) is 5.29. The molecule has 0 atom stereocenters. The fourth-order valence-corrected chi connectivity index (χ4v) is 1.21. The molecule has 0 heterocycles. The molecule has 0 bridgehead atoms. The summed E-state index contributed by atoms with van der Waals surface area (Å²) in [5.74, 6) is -4.76. The van der Waals surface area contributed by atoms with Gasteiger partial charge in [0.1, 0.15) is 12.1 Å². The number of carbonyl (C=O) groups is 1. The molecule has 1 N–H and O–H groups in total. The Balaban J connectivity index is 2.62. The molecular weight excluding hydrogens is 247 g/mol. The van der Waals surface area contributed by atoms with Crippen LogP contribution in [0, 0.1) is 17.5 Å². The zero-order valence-electron chi connectivity index (χ0n) is 10.3. The zero-order chi connectivity index (χ0) is 13.9. The minimum atomic E-state index is -1.54. The lowest BCUT2D eigenvalue weighted by Crippen LogP contribution is -2.28. The topological polar surface area (TPSA) is 38.3 Å². The normalized spacial score (nSPS) is 11.2. The number of halogens is 3. The number of hydrogen-bond donors (Lipinski definition) is 1. The number of nitrogens with one attached hydrogen (secondary N) is 1. The molecule has 0 spiro atoms. The van der Waals surface area contributed by atoms with Gasteiger partial charge in [-0.3, -0.25) is 4.79 Å². The molecule has 18 heavy (non-hydrogen) atoms. The number of benzene rings is 1. The van der Waals surface area contributed by atoms with Crippen LogP contribution in [0.15, 0.2) is 12.1 Å². The first-order chi connectivity index (χ1) is 8.19. The van der Waals surface area contributed by atoms with E-state index in [4.69, 9.17) is 4.74 Å². The maximum Gasteiger partial charge on any atom is 0.325 e. The van der Waals surface area contributed by atoms with Gasteiger partial charge >= 0.3 is 5.97 Å². The first-order valence-corrected chi connectivity index (χ1v) is 5.29. The van der Waals surface area contributed by atoms with Crippen molar-refractivity contribution < 1.29 is 22.7 Å². The van der Waals surface area contributed by atoms with E-state index < -0.39 is 29.0 Å². The molecule has 0 aliphatic rings. The van der Waals surface area contributed by atoms with Crippen molar-refractivity contribution in [2.75, 3.05) is 11.9 Å². The van der Waals surface area contributed by atoms with Gasteiger partial charge in [0.05, 0.1) is 0 Å². The number of rotatable bonds is 3. The van der Waals surface area contributed by atoms with Gasteiger partial charge in [0.2, 0.25) is 0 Å². The van der Waals surface area contributed by atoms with Crippen LogP contribution < -0.4 is 5.32 Å². The van der Waals surface area contributed by atoms with Crippen LogP contribution in [0.4, 0.5) is 18.9 Å². The van der Waals surface area contributed by atoms with E-state index in [0.29, 0.717) is 0 Å². The molecule has 6 heteroatoms. The summed E-state index contributed by atoms with van der Waals surface area (Å²) in [4.78, 5) is 11.3. The molecule has 3 nitrogen and oxygen atoms in total. The fourth-order valence-electron chi connectivity index (χ4n) is 1.21. The van der Waals surface area contributed by atoms with Crippen molar-refractivity contribution in [3.63, 3.8) is 0 Å². The SMILES string of the molecule is CC(C)(C)OC(=O)CNc1cc(F)c(F)c(F)c1. The third-order valence-electron chi connectivity index (χ3n) is 1.84. The van der Waals surface area contributed by atoms with Crippen LogP contribution in [-0.4, -0.2) is 18.1 Å². The molecule has 0 saturated heterocycles. The van der Waals surface area contributed by atoms with Gasteiger partial charge in [0, 0.05) is 17.8 Å². The van der Waals surface area contributed by atoms with Gasteiger partial charge in [-0.25, -0.2) is 13.2 Å². The summed E-state index contributed by atoms with van der Waals surface area (Å²) in [6, 6.07) is 1.53. The van der Waals surface area contributed by atoms with Crippen LogP contribution in [-0.2, 0) is 9.53 Å². The zero-order valence-corrected chi connectivity index (χ0v) is 10.3. The highest BCUT2D eigenvalue weighted by Crippen LogP contribution is 2.17. The lowest BCUT2D eigenvalue weighted by atomic mass is 10.2. The van der Waals surface area contributed by atoms with Gasteiger partial charge in [0.25, 0.3) is 0 Å². The van der Waals surface area contributed by atoms with Crippen molar-refractivity contribution in [3.8, 4) is 0 Å². The number of ether oxygens (including phenoxy) is 1. The van der Waals surface area contributed by atoms with E-state index in [-0.39, 0.29) is 12.2 Å². The molecule has 0 saturated carbocycles. The van der Waals surface area contributed by atoms with Gasteiger partial charge in [-0.05, 0) is 20.8 Å². The highest BCUT2D eigenvalue weighted by molar-refractivity contribution is 5.75. The van der Waals surface area contributed by atoms with Crippen LogP contribution >= 0.6 is 0 Å². The Labute approximate surface area is 103 Å². The summed E-state index contributed by atoms with van der Waals surface area (Å²) < 4.78 is 43.4. The van der Waals surface area contributed by atoms with E-state index in [0.717, 1.165) is 12.1 Å². The van der Waals surface area contributed by atoms with Crippen molar-refractivity contribution in [1.82, 2.24) is 0 Å². The van der Waals surface area contributed by atoms with E-state index in [1.807, 2.05) is 0 Å². The van der Waals surface area contributed by atoms with Gasteiger partial charge in [-0.1, -0.05) is 0 Å². The van der Waals surface area contributed by atoms with Crippen LogP contribution in [0.2, 0.25) is 0 Å². The summed E-state index contributed by atoms with van der Waals surface area (Å²) in [5, 5.41) is 2.45. The Morgan fingerprint density at radius 3 is 2.17 bits per heavy atom. The molecule has 0 aliphatic heterocycles. The molecule has 0 aliphatic carbocycles. The van der Waals surface area contributed by atoms with Crippen LogP contribution in [0.1, 0.15) is 20.8 Å². The maximum atomic E-state index is 12.9. The van der Waals surface area contributed by atoms with Gasteiger partial charge in [-0.15, -0.1) is 0 Å². The molecular formula is C12H14F3NO2. The number of esters is 1. The number of carbonyl (C=O) groups excluding carboxylic acids is 1. The van der Waals surface area contributed by atoms with E-state index in [2.05, 4.69) is 5.32 Å². The molecule has 0 aromatic heterocycles. The van der Waals surface area contributed by atoms with E-state index in [1.54, 1.807) is 20.8 Å². The average Bonchev–Trinajstić information content (AvgIpc) is 2.20. The summed E-state index contributed by atoms with van der Waals surface area (Å²) in [6.07, 6.45) is 0. The Morgan fingerprint density at radius 2 is 1.72 bits per heavy atom. The van der Waals surface area contributed by atoms with E-state index in [9.17, 15) is 18.0 Å². The Morgan fingerprint density at radius 1 is 1.22 bits per heavy atom. The quantitative estimate of drug-likeness (QED) is 0.671. The molecule has 100 valence electrons. The number of hydrogen-bond acceptors (Lipinski definition) is 3. The van der Waals surface area contributed by atoms with Crippen molar-refractivity contribution in [2.24, 2.45) is 0 Å². The monoisotopic (exact) mass is 261 g/mol. The lowest BCUT2D eigenvalue weighted by Gasteiger charge is -2.19. The molecule has 0 radical (unpaired) electrons. The van der Waals surface area contributed by atoms with Gasteiger partial charge in [0.15, 0.2) is 17.5 Å². The predicted molar refractivity (Wildman–Crippen MR) is 60.7 cm³/mol. The Hall–Kier alpha value is -1.72. The highest BCUT2D eigenvalue weighted by atomic mass is 19.2. The molecule has 1 rings (SSSR count). The van der Waals surface area contributed by atoms with E-state index in [1.165, 1.54) is 0 Å². The second-order valence-electron chi connectivity index (χ2n) is 4.69. The predicted octanol–water partition coefficient (Wildman–Crippen LogP) is 2.86. The summed E-state index contributed by atoms with van der Waals surface area (Å²) >= 11 is 0. The minimum absolute atomic E-state index is 0.0303. The largest absolute Gasteiger partial charge is 0.459 e. The third kappa shape index (κ3) is 4.27. The van der Waals surface area contributed by atoms with Crippen LogP contribution in [0.25, 0.3) is 0 Å². The third-order valence-corrected chi connectivity index (χ3v) is 1.84. The summed E-state index contributed by atoms with van der Waals surface area (Å²) in [6.45, 7) is 4.83.